The third kappa shape index (κ3) is 7.83. The van der Waals surface area contributed by atoms with Gasteiger partial charge in [0.2, 0.25) is 0 Å². The molecule has 0 radical (unpaired) electrons. The Bertz CT molecular complexity index is 1570. The van der Waals surface area contributed by atoms with Crippen LogP contribution in [0.25, 0.3) is 11.1 Å². The van der Waals surface area contributed by atoms with Crippen LogP contribution >= 0.6 is 0 Å². The number of benzene rings is 4. The van der Waals surface area contributed by atoms with Crippen LogP contribution in [0.2, 0.25) is 0 Å². The molecule has 2 fully saturated rings. The topological polar surface area (TPSA) is 71.0 Å². The van der Waals surface area contributed by atoms with E-state index in [1.165, 1.54) is 25.7 Å². The molecule has 1 aliphatic carbocycles. The summed E-state index contributed by atoms with van der Waals surface area (Å²) in [5.74, 6) is -0.0907. The predicted octanol–water partition coefficient (Wildman–Crippen LogP) is 7.75. The van der Waals surface area contributed by atoms with Crippen molar-refractivity contribution in [2.24, 2.45) is 0 Å². The fourth-order valence-electron chi connectivity index (χ4n) is 6.75. The van der Waals surface area contributed by atoms with E-state index in [4.69, 9.17) is 9.47 Å². The van der Waals surface area contributed by atoms with Crippen molar-refractivity contribution >= 4 is 5.91 Å². The van der Waals surface area contributed by atoms with Crippen molar-refractivity contribution in [2.75, 3.05) is 13.1 Å². The summed E-state index contributed by atoms with van der Waals surface area (Å²) >= 11 is 0. The van der Waals surface area contributed by atoms with Gasteiger partial charge in [0.25, 0.3) is 5.91 Å². The maximum atomic E-state index is 12.7. The minimum Gasteiger partial charge on any atom is -0.392 e. The van der Waals surface area contributed by atoms with Gasteiger partial charge in [-0.25, -0.2) is 0 Å². The second kappa shape index (κ2) is 15.5. The van der Waals surface area contributed by atoms with Crippen molar-refractivity contribution in [3.05, 3.63) is 144 Å². The van der Waals surface area contributed by atoms with E-state index in [-0.39, 0.29) is 24.7 Å². The highest BCUT2D eigenvalue weighted by molar-refractivity contribution is 5.94. The molecule has 6 heteroatoms. The standard InChI is InChI=1S/C40H44N2O4/c1-2-24-42(35-13-7-8-14-35)27-36-25-38(31-18-16-29(28-43)17-19-31)46-40(45-36)33-22-20-30(21-23-33)37-15-9-6-12-34(37)26-41-39(44)32-10-4-3-5-11-32/h2-6,9-12,15-23,35-36,38,40,43H,1,7-8,13-14,24-28H2,(H,41,44)/t36-,38+,40+/m1/s1. The number of aliphatic hydroxyl groups is 1. The fraction of sp³-hybridized carbons (Fsp3) is 0.325. The van der Waals surface area contributed by atoms with Gasteiger partial charge in [0.05, 0.1) is 18.8 Å². The first-order valence-electron chi connectivity index (χ1n) is 16.5. The largest absolute Gasteiger partial charge is 0.392 e. The number of nitrogens with zero attached hydrogens (tertiary/aromatic N) is 1. The number of carbonyl (C=O) groups excluding carboxylic acids is 1. The Kier molecular flexibility index (Phi) is 10.7. The third-order valence-electron chi connectivity index (χ3n) is 9.24. The van der Waals surface area contributed by atoms with Gasteiger partial charge in [0.15, 0.2) is 6.29 Å². The lowest BCUT2D eigenvalue weighted by atomic mass is 9.97. The molecule has 3 atom stereocenters. The van der Waals surface area contributed by atoms with Gasteiger partial charge in [0.1, 0.15) is 0 Å². The SMILES string of the molecule is C=CCN(C[C@H]1C[C@@H](c2ccc(CO)cc2)O[C@@H](c2ccc(-c3ccccc3CNC(=O)c3ccccc3)cc2)O1)C1CCCC1. The van der Waals surface area contributed by atoms with Crippen molar-refractivity contribution in [2.45, 2.75) is 69.8 Å². The number of aliphatic hydroxyl groups excluding tert-OH is 1. The van der Waals surface area contributed by atoms with Gasteiger partial charge in [0, 0.05) is 43.2 Å². The van der Waals surface area contributed by atoms with Crippen molar-refractivity contribution < 1.29 is 19.4 Å². The first-order valence-corrected chi connectivity index (χ1v) is 16.5. The molecule has 1 saturated carbocycles. The fourth-order valence-corrected chi connectivity index (χ4v) is 6.75. The number of rotatable bonds is 12. The molecule has 1 heterocycles. The zero-order valence-electron chi connectivity index (χ0n) is 26.4. The van der Waals surface area contributed by atoms with Gasteiger partial charge >= 0.3 is 0 Å². The summed E-state index contributed by atoms with van der Waals surface area (Å²) in [5.41, 5.74) is 6.78. The lowest BCUT2D eigenvalue weighted by molar-refractivity contribution is -0.253. The highest BCUT2D eigenvalue weighted by Gasteiger charge is 2.34. The molecular formula is C40H44N2O4. The summed E-state index contributed by atoms with van der Waals surface area (Å²) in [4.78, 5) is 15.2. The molecule has 0 bridgehead atoms. The Morgan fingerprint density at radius 1 is 0.870 bits per heavy atom. The van der Waals surface area contributed by atoms with Gasteiger partial charge in [-0.15, -0.1) is 6.58 Å². The Labute approximate surface area is 272 Å². The number of hydrogen-bond donors (Lipinski definition) is 2. The zero-order chi connectivity index (χ0) is 31.7. The van der Waals surface area contributed by atoms with E-state index in [1.54, 1.807) is 0 Å². The van der Waals surface area contributed by atoms with E-state index in [0.29, 0.717) is 18.2 Å². The molecule has 4 aromatic rings. The average Bonchev–Trinajstić information content (AvgIpc) is 3.66. The number of ether oxygens (including phenoxy) is 2. The van der Waals surface area contributed by atoms with Crippen LogP contribution in [0.1, 0.15) is 77.1 Å². The number of hydrogen-bond acceptors (Lipinski definition) is 5. The number of amides is 1. The van der Waals surface area contributed by atoms with E-state index in [9.17, 15) is 9.90 Å². The molecular weight excluding hydrogens is 572 g/mol. The molecule has 1 aliphatic heterocycles. The Morgan fingerprint density at radius 3 is 2.28 bits per heavy atom. The van der Waals surface area contributed by atoms with Crippen molar-refractivity contribution in [1.82, 2.24) is 10.2 Å². The maximum Gasteiger partial charge on any atom is 0.251 e. The summed E-state index contributed by atoms with van der Waals surface area (Å²) in [6, 6.07) is 34.5. The Morgan fingerprint density at radius 2 is 1.57 bits per heavy atom. The number of carbonyl (C=O) groups is 1. The second-order valence-corrected chi connectivity index (χ2v) is 12.4. The molecule has 238 valence electrons. The van der Waals surface area contributed by atoms with E-state index < -0.39 is 6.29 Å². The normalized spacial score (nSPS) is 20.1. The maximum absolute atomic E-state index is 12.7. The van der Waals surface area contributed by atoms with Crippen LogP contribution in [-0.4, -0.2) is 41.1 Å². The van der Waals surface area contributed by atoms with Gasteiger partial charge < -0.3 is 19.9 Å². The molecule has 0 spiro atoms. The van der Waals surface area contributed by atoms with Crippen LogP contribution < -0.4 is 5.32 Å². The van der Waals surface area contributed by atoms with Crippen molar-refractivity contribution in [3.63, 3.8) is 0 Å². The summed E-state index contributed by atoms with van der Waals surface area (Å²) in [6.45, 7) is 6.17. The highest BCUT2D eigenvalue weighted by Crippen LogP contribution is 2.39. The molecule has 46 heavy (non-hydrogen) atoms. The highest BCUT2D eigenvalue weighted by atomic mass is 16.7. The molecule has 0 unspecified atom stereocenters. The van der Waals surface area contributed by atoms with E-state index in [0.717, 1.165) is 52.9 Å². The van der Waals surface area contributed by atoms with Gasteiger partial charge in [-0.05, 0) is 52.8 Å². The monoisotopic (exact) mass is 616 g/mol. The van der Waals surface area contributed by atoms with Crippen LogP contribution in [0.5, 0.6) is 0 Å². The van der Waals surface area contributed by atoms with E-state index in [1.807, 2.05) is 60.7 Å². The molecule has 0 aromatic heterocycles. The smallest absolute Gasteiger partial charge is 0.251 e. The minimum absolute atomic E-state index is 0.00422. The zero-order valence-corrected chi connectivity index (χ0v) is 26.4. The first kappa shape index (κ1) is 31.9. The second-order valence-electron chi connectivity index (χ2n) is 12.4. The van der Waals surface area contributed by atoms with Crippen molar-refractivity contribution in [3.8, 4) is 11.1 Å². The van der Waals surface area contributed by atoms with E-state index >= 15 is 0 Å². The minimum atomic E-state index is -0.509. The molecule has 6 nitrogen and oxygen atoms in total. The lowest BCUT2D eigenvalue weighted by Crippen LogP contribution is -2.43. The quantitative estimate of drug-likeness (QED) is 0.159. The van der Waals surface area contributed by atoms with Crippen LogP contribution in [0.4, 0.5) is 0 Å². The third-order valence-corrected chi connectivity index (χ3v) is 9.24. The van der Waals surface area contributed by atoms with Crippen LogP contribution in [0, 0.1) is 0 Å². The van der Waals surface area contributed by atoms with Crippen molar-refractivity contribution in [1.29, 1.82) is 0 Å². The molecule has 6 rings (SSSR count). The first-order chi connectivity index (χ1) is 22.6. The molecule has 4 aromatic carbocycles. The van der Waals surface area contributed by atoms with Crippen LogP contribution in [-0.2, 0) is 22.6 Å². The molecule has 2 aliphatic rings. The molecule has 2 N–H and O–H groups in total. The predicted molar refractivity (Wildman–Crippen MR) is 182 cm³/mol. The molecule has 1 saturated heterocycles. The summed E-state index contributed by atoms with van der Waals surface area (Å²) < 4.78 is 13.3. The number of nitrogens with one attached hydrogen (secondary N) is 1. The molecule has 1 amide bonds. The Hall–Kier alpha value is -4.07. The Balaban J connectivity index is 1.20. The summed E-state index contributed by atoms with van der Waals surface area (Å²) in [5, 5.41) is 12.6. The summed E-state index contributed by atoms with van der Waals surface area (Å²) in [6.07, 6.45) is 7.14. The average molecular weight is 617 g/mol. The van der Waals surface area contributed by atoms with Crippen LogP contribution in [0.3, 0.4) is 0 Å². The van der Waals surface area contributed by atoms with Gasteiger partial charge in [-0.1, -0.05) is 110 Å². The summed E-state index contributed by atoms with van der Waals surface area (Å²) in [7, 11) is 0. The van der Waals surface area contributed by atoms with Gasteiger partial charge in [-0.2, -0.15) is 0 Å². The van der Waals surface area contributed by atoms with Gasteiger partial charge in [-0.3, -0.25) is 9.69 Å². The van der Waals surface area contributed by atoms with E-state index in [2.05, 4.69) is 65.3 Å². The lowest BCUT2D eigenvalue weighted by Gasteiger charge is -2.39. The van der Waals surface area contributed by atoms with Crippen LogP contribution in [0.15, 0.2) is 116 Å².